The molecule has 0 aromatic heterocycles. The Morgan fingerprint density at radius 1 is 1.18 bits per heavy atom. The number of hydrogen-bond donors (Lipinski definition) is 1. The summed E-state index contributed by atoms with van der Waals surface area (Å²) in [6, 6.07) is 5.63. The molecular formula is C17H17ClN2O2. The monoisotopic (exact) mass is 316 g/mol. The molecule has 22 heavy (non-hydrogen) atoms. The van der Waals surface area contributed by atoms with E-state index in [9.17, 15) is 9.59 Å². The Balaban J connectivity index is 1.49. The van der Waals surface area contributed by atoms with Crippen LogP contribution in [0.1, 0.15) is 12.0 Å². The average molecular weight is 317 g/mol. The van der Waals surface area contributed by atoms with Gasteiger partial charge in [-0.25, -0.2) is 0 Å². The van der Waals surface area contributed by atoms with Gasteiger partial charge in [0.05, 0.1) is 18.5 Å². The summed E-state index contributed by atoms with van der Waals surface area (Å²) in [4.78, 5) is 26.4. The highest BCUT2D eigenvalue weighted by Crippen LogP contribution is 2.52. The molecule has 4 nitrogen and oxygen atoms in total. The van der Waals surface area contributed by atoms with Gasteiger partial charge < -0.3 is 5.32 Å². The lowest BCUT2D eigenvalue weighted by atomic mass is 9.85. The van der Waals surface area contributed by atoms with E-state index in [1.54, 1.807) is 0 Å². The molecule has 5 heteroatoms. The number of amides is 2. The first kappa shape index (κ1) is 13.8. The summed E-state index contributed by atoms with van der Waals surface area (Å²) in [6.07, 6.45) is 5.17. The largest absolute Gasteiger partial charge is 0.367 e. The number of allylic oxidation sites excluding steroid dienone is 2. The lowest BCUT2D eigenvalue weighted by Gasteiger charge is -2.18. The first-order valence-electron chi connectivity index (χ1n) is 7.60. The summed E-state index contributed by atoms with van der Waals surface area (Å²) in [5.41, 5.74) is 1.81. The van der Waals surface area contributed by atoms with Gasteiger partial charge in [0, 0.05) is 10.7 Å². The van der Waals surface area contributed by atoms with Crippen molar-refractivity contribution in [3.05, 3.63) is 40.9 Å². The maximum absolute atomic E-state index is 12.5. The molecule has 1 heterocycles. The van der Waals surface area contributed by atoms with Crippen LogP contribution < -0.4 is 5.32 Å². The van der Waals surface area contributed by atoms with E-state index in [-0.39, 0.29) is 42.2 Å². The molecule has 0 radical (unpaired) electrons. The zero-order chi connectivity index (χ0) is 15.4. The zero-order valence-electron chi connectivity index (χ0n) is 12.3. The Morgan fingerprint density at radius 3 is 2.41 bits per heavy atom. The maximum Gasteiger partial charge on any atom is 0.235 e. The Morgan fingerprint density at radius 2 is 1.82 bits per heavy atom. The molecule has 3 aliphatic rings. The van der Waals surface area contributed by atoms with E-state index in [2.05, 4.69) is 17.5 Å². The molecular weight excluding hydrogens is 300 g/mol. The summed E-state index contributed by atoms with van der Waals surface area (Å²) in [6.45, 7) is 2.15. The molecule has 1 saturated heterocycles. The fourth-order valence-electron chi connectivity index (χ4n) is 3.99. The number of anilines is 1. The topological polar surface area (TPSA) is 49.4 Å². The summed E-state index contributed by atoms with van der Waals surface area (Å²) >= 11 is 6.10. The van der Waals surface area contributed by atoms with Crippen molar-refractivity contribution in [2.45, 2.75) is 13.3 Å². The van der Waals surface area contributed by atoms with Gasteiger partial charge in [-0.3, -0.25) is 14.5 Å². The number of carbonyl (C=O) groups is 2. The van der Waals surface area contributed by atoms with Gasteiger partial charge in [-0.05, 0) is 42.9 Å². The van der Waals surface area contributed by atoms with Crippen LogP contribution in [0, 0.1) is 30.6 Å². The maximum atomic E-state index is 12.5. The number of likely N-dealkylation sites (tertiary alicyclic amines) is 1. The van der Waals surface area contributed by atoms with E-state index in [0.717, 1.165) is 17.7 Å². The second kappa shape index (κ2) is 4.85. The van der Waals surface area contributed by atoms with Crippen LogP contribution in [0.4, 0.5) is 5.69 Å². The van der Waals surface area contributed by atoms with Crippen LogP contribution in [-0.4, -0.2) is 23.4 Å². The molecule has 0 unspecified atom stereocenters. The summed E-state index contributed by atoms with van der Waals surface area (Å²) < 4.78 is 0. The quantitative estimate of drug-likeness (QED) is 0.689. The number of benzene rings is 1. The molecule has 1 aromatic carbocycles. The van der Waals surface area contributed by atoms with Crippen LogP contribution in [0.3, 0.4) is 0 Å². The van der Waals surface area contributed by atoms with Crippen molar-refractivity contribution >= 4 is 29.1 Å². The minimum absolute atomic E-state index is 0.0300. The molecule has 4 rings (SSSR count). The minimum Gasteiger partial charge on any atom is -0.367 e. The molecule has 1 aliphatic heterocycles. The molecule has 2 aliphatic carbocycles. The Labute approximate surface area is 134 Å². The standard InChI is InChI=1S/C17H17ClN2O2/c1-9-2-5-12(7-13(9)18)19-8-20-16(21)14-10-3-4-11(6-10)15(14)17(20)22/h2-5,7,10-11,14-15,19H,6,8H2,1H3/t10-,11-,14-,15+/m0/s1. The zero-order valence-corrected chi connectivity index (χ0v) is 13.0. The van der Waals surface area contributed by atoms with Gasteiger partial charge >= 0.3 is 0 Å². The SMILES string of the molecule is Cc1ccc(NCN2C(=O)[C@@H]3[C@H](C2=O)[C@H]2C=C[C@H]3C2)cc1Cl. The fraction of sp³-hybridized carbons (Fsp3) is 0.412. The van der Waals surface area contributed by atoms with Gasteiger partial charge in [0.15, 0.2) is 0 Å². The van der Waals surface area contributed by atoms with Gasteiger partial charge in [-0.1, -0.05) is 29.8 Å². The lowest BCUT2D eigenvalue weighted by Crippen LogP contribution is -2.37. The van der Waals surface area contributed by atoms with Gasteiger partial charge in [-0.15, -0.1) is 0 Å². The number of halogens is 1. The lowest BCUT2D eigenvalue weighted by molar-refractivity contribution is -0.140. The van der Waals surface area contributed by atoms with E-state index >= 15 is 0 Å². The Kier molecular flexibility index (Phi) is 3.05. The molecule has 1 saturated carbocycles. The van der Waals surface area contributed by atoms with E-state index in [1.165, 1.54) is 4.90 Å². The summed E-state index contributed by atoms with van der Waals surface area (Å²) in [7, 11) is 0. The van der Waals surface area contributed by atoms with Crippen molar-refractivity contribution in [2.24, 2.45) is 23.7 Å². The average Bonchev–Trinajstić information content (AvgIpc) is 3.16. The molecule has 1 N–H and O–H groups in total. The van der Waals surface area contributed by atoms with Gasteiger partial charge in [0.25, 0.3) is 0 Å². The number of nitrogens with zero attached hydrogens (tertiary/aromatic N) is 1. The molecule has 2 bridgehead atoms. The van der Waals surface area contributed by atoms with Crippen molar-refractivity contribution in [3.8, 4) is 0 Å². The number of rotatable bonds is 3. The second-order valence-corrected chi connectivity index (χ2v) is 6.81. The van der Waals surface area contributed by atoms with Crippen LogP contribution >= 0.6 is 11.6 Å². The Bertz CT molecular complexity index is 670. The summed E-state index contributed by atoms with van der Waals surface area (Å²) in [5.74, 6) is 0.183. The fourth-order valence-corrected chi connectivity index (χ4v) is 4.17. The molecule has 0 spiro atoms. The molecule has 2 amide bonds. The summed E-state index contributed by atoms with van der Waals surface area (Å²) in [5, 5.41) is 3.80. The molecule has 1 aromatic rings. The third-order valence-electron chi connectivity index (χ3n) is 5.17. The van der Waals surface area contributed by atoms with Crippen molar-refractivity contribution in [1.82, 2.24) is 4.90 Å². The molecule has 114 valence electrons. The van der Waals surface area contributed by atoms with Crippen LogP contribution in [0.5, 0.6) is 0 Å². The van der Waals surface area contributed by atoms with Gasteiger partial charge in [0.2, 0.25) is 11.8 Å². The first-order valence-corrected chi connectivity index (χ1v) is 7.97. The van der Waals surface area contributed by atoms with Crippen LogP contribution in [-0.2, 0) is 9.59 Å². The highest BCUT2D eigenvalue weighted by molar-refractivity contribution is 6.31. The highest BCUT2D eigenvalue weighted by atomic mass is 35.5. The van der Waals surface area contributed by atoms with E-state index in [0.29, 0.717) is 5.02 Å². The molecule has 4 atom stereocenters. The van der Waals surface area contributed by atoms with Crippen molar-refractivity contribution in [2.75, 3.05) is 12.0 Å². The third-order valence-corrected chi connectivity index (χ3v) is 5.58. The number of fused-ring (bicyclic) bond motifs is 5. The van der Waals surface area contributed by atoms with Gasteiger partial charge in [-0.2, -0.15) is 0 Å². The Hall–Kier alpha value is -1.81. The van der Waals surface area contributed by atoms with Gasteiger partial charge in [0.1, 0.15) is 0 Å². The number of nitrogens with one attached hydrogen (secondary N) is 1. The third kappa shape index (κ3) is 1.90. The van der Waals surface area contributed by atoms with E-state index in [1.807, 2.05) is 25.1 Å². The predicted octanol–water partition coefficient (Wildman–Crippen LogP) is 2.82. The minimum atomic E-state index is -0.133. The second-order valence-electron chi connectivity index (χ2n) is 6.40. The van der Waals surface area contributed by atoms with Crippen molar-refractivity contribution in [1.29, 1.82) is 0 Å². The number of imide groups is 1. The first-order chi connectivity index (χ1) is 10.6. The van der Waals surface area contributed by atoms with Crippen LogP contribution in [0.2, 0.25) is 5.02 Å². The van der Waals surface area contributed by atoms with E-state index < -0.39 is 0 Å². The number of carbonyl (C=O) groups excluding carboxylic acids is 2. The number of aryl methyl sites for hydroxylation is 1. The number of hydrogen-bond acceptors (Lipinski definition) is 3. The van der Waals surface area contributed by atoms with Crippen molar-refractivity contribution in [3.63, 3.8) is 0 Å². The highest BCUT2D eigenvalue weighted by Gasteiger charge is 2.59. The predicted molar refractivity (Wildman–Crippen MR) is 84.2 cm³/mol. The smallest absolute Gasteiger partial charge is 0.235 e. The molecule has 2 fully saturated rings. The normalized spacial score (nSPS) is 32.0. The van der Waals surface area contributed by atoms with Crippen LogP contribution in [0.15, 0.2) is 30.4 Å². The van der Waals surface area contributed by atoms with Crippen molar-refractivity contribution < 1.29 is 9.59 Å². The van der Waals surface area contributed by atoms with E-state index in [4.69, 9.17) is 11.6 Å². The van der Waals surface area contributed by atoms with Crippen LogP contribution in [0.25, 0.3) is 0 Å².